The second kappa shape index (κ2) is 9.44. The number of hydrogen-bond donors (Lipinski definition) is 0. The third-order valence-electron chi connectivity index (χ3n) is 5.29. The van der Waals surface area contributed by atoms with Crippen LogP contribution in [0.2, 0.25) is 0 Å². The molecular formula is C24H22N2O7S. The van der Waals surface area contributed by atoms with E-state index >= 15 is 0 Å². The van der Waals surface area contributed by atoms with Crippen LogP contribution in [0.15, 0.2) is 86.9 Å². The second-order valence-electron chi connectivity index (χ2n) is 7.32. The lowest BCUT2D eigenvalue weighted by Crippen LogP contribution is -2.26. The molecule has 4 aromatic rings. The van der Waals surface area contributed by atoms with Gasteiger partial charge in [0.1, 0.15) is 12.4 Å². The zero-order valence-electron chi connectivity index (χ0n) is 18.5. The van der Waals surface area contributed by atoms with E-state index < -0.39 is 21.7 Å². The first-order valence-corrected chi connectivity index (χ1v) is 11.7. The molecule has 0 saturated heterocycles. The number of oxazole rings is 1. The van der Waals surface area contributed by atoms with Crippen molar-refractivity contribution in [2.75, 3.05) is 25.1 Å². The molecule has 0 aliphatic heterocycles. The van der Waals surface area contributed by atoms with Gasteiger partial charge in [-0.1, -0.05) is 18.2 Å². The monoisotopic (exact) mass is 482 g/mol. The summed E-state index contributed by atoms with van der Waals surface area (Å²) in [5.74, 6) is -0.651. The van der Waals surface area contributed by atoms with Gasteiger partial charge in [-0.3, -0.25) is 8.87 Å². The van der Waals surface area contributed by atoms with E-state index in [2.05, 4.69) is 0 Å². The Hall–Kier alpha value is -4.05. The predicted octanol–water partition coefficient (Wildman–Crippen LogP) is 3.29. The Morgan fingerprint density at radius 2 is 1.76 bits per heavy atom. The molecule has 1 aromatic heterocycles. The summed E-state index contributed by atoms with van der Waals surface area (Å²) >= 11 is 0. The number of sulfonamides is 1. The van der Waals surface area contributed by atoms with Gasteiger partial charge in [0.05, 0.1) is 35.3 Å². The topological polar surface area (TPSA) is 108 Å². The van der Waals surface area contributed by atoms with E-state index in [1.165, 1.54) is 43.0 Å². The first-order valence-electron chi connectivity index (χ1n) is 10.3. The zero-order chi connectivity index (χ0) is 24.3. The Kier molecular flexibility index (Phi) is 6.42. The number of benzene rings is 3. The molecule has 0 fully saturated rings. The van der Waals surface area contributed by atoms with E-state index in [1.54, 1.807) is 48.5 Å². The van der Waals surface area contributed by atoms with Crippen molar-refractivity contribution in [3.05, 3.63) is 88.9 Å². The van der Waals surface area contributed by atoms with Crippen molar-refractivity contribution < 1.29 is 27.1 Å². The van der Waals surface area contributed by atoms with Crippen LogP contribution in [0.5, 0.6) is 5.75 Å². The zero-order valence-corrected chi connectivity index (χ0v) is 19.3. The van der Waals surface area contributed by atoms with Gasteiger partial charge in [0.15, 0.2) is 5.58 Å². The number of nitrogens with zero attached hydrogens (tertiary/aromatic N) is 2. The molecule has 0 bridgehead atoms. The summed E-state index contributed by atoms with van der Waals surface area (Å²) in [6.45, 7) is 0.00474. The third-order valence-corrected chi connectivity index (χ3v) is 7.07. The number of fused-ring (bicyclic) bond motifs is 1. The van der Waals surface area contributed by atoms with Crippen LogP contribution in [-0.2, 0) is 21.3 Å². The smallest absolute Gasteiger partial charge is 0.420 e. The molecular weight excluding hydrogens is 460 g/mol. The maximum atomic E-state index is 13.1. The van der Waals surface area contributed by atoms with Crippen LogP contribution in [0.25, 0.3) is 11.1 Å². The molecule has 3 aromatic carbocycles. The Balaban J connectivity index is 1.47. The largest absolute Gasteiger partial charge is 0.497 e. The minimum Gasteiger partial charge on any atom is -0.497 e. The minimum atomic E-state index is -3.93. The minimum absolute atomic E-state index is 0.0580. The van der Waals surface area contributed by atoms with Gasteiger partial charge < -0.3 is 13.9 Å². The molecule has 0 aliphatic carbocycles. The van der Waals surface area contributed by atoms with E-state index in [9.17, 15) is 18.0 Å². The molecule has 0 unspecified atom stereocenters. The second-order valence-corrected chi connectivity index (χ2v) is 9.29. The number of anilines is 1. The summed E-state index contributed by atoms with van der Waals surface area (Å²) in [6.07, 6.45) is 0. The molecule has 1 heterocycles. The lowest BCUT2D eigenvalue weighted by molar-refractivity contribution is 0.0490. The summed E-state index contributed by atoms with van der Waals surface area (Å²) in [6, 6.07) is 19.1. The first-order chi connectivity index (χ1) is 16.3. The van der Waals surface area contributed by atoms with Crippen molar-refractivity contribution in [1.82, 2.24) is 4.57 Å². The summed E-state index contributed by atoms with van der Waals surface area (Å²) < 4.78 is 44.2. The molecule has 0 N–H and O–H groups in total. The van der Waals surface area contributed by atoms with E-state index in [4.69, 9.17) is 13.9 Å². The van der Waals surface area contributed by atoms with Crippen LogP contribution < -0.4 is 14.8 Å². The number of carbonyl (C=O) groups excluding carboxylic acids is 1. The van der Waals surface area contributed by atoms with Crippen LogP contribution in [0, 0.1) is 0 Å². The van der Waals surface area contributed by atoms with Gasteiger partial charge in [-0.25, -0.2) is 18.0 Å². The highest BCUT2D eigenvalue weighted by Crippen LogP contribution is 2.25. The number of para-hydroxylation sites is 2. The molecule has 0 atom stereocenters. The number of aromatic nitrogens is 1. The van der Waals surface area contributed by atoms with Gasteiger partial charge in [0, 0.05) is 7.05 Å². The number of rotatable bonds is 8. The van der Waals surface area contributed by atoms with Crippen molar-refractivity contribution in [3.8, 4) is 5.75 Å². The molecule has 0 amide bonds. The van der Waals surface area contributed by atoms with Gasteiger partial charge in [-0.2, -0.15) is 0 Å². The van der Waals surface area contributed by atoms with Crippen LogP contribution in [0.4, 0.5) is 5.69 Å². The highest BCUT2D eigenvalue weighted by atomic mass is 32.2. The van der Waals surface area contributed by atoms with Crippen LogP contribution in [-0.4, -0.2) is 39.7 Å². The number of ether oxygens (including phenoxy) is 2. The molecule has 34 heavy (non-hydrogen) atoms. The van der Waals surface area contributed by atoms with Gasteiger partial charge in [0.2, 0.25) is 0 Å². The van der Waals surface area contributed by atoms with Crippen molar-refractivity contribution in [1.29, 1.82) is 0 Å². The molecule has 0 aliphatic rings. The maximum Gasteiger partial charge on any atom is 0.420 e. The van der Waals surface area contributed by atoms with Crippen LogP contribution in [0.3, 0.4) is 0 Å². The molecule has 176 valence electrons. The van der Waals surface area contributed by atoms with Crippen LogP contribution in [0.1, 0.15) is 10.4 Å². The lowest BCUT2D eigenvalue weighted by atomic mass is 10.2. The van der Waals surface area contributed by atoms with Crippen LogP contribution >= 0.6 is 0 Å². The first kappa shape index (κ1) is 23.1. The summed E-state index contributed by atoms with van der Waals surface area (Å²) in [5.41, 5.74) is 1.55. The lowest BCUT2D eigenvalue weighted by Gasteiger charge is -2.20. The molecule has 9 nitrogen and oxygen atoms in total. The maximum absolute atomic E-state index is 13.1. The van der Waals surface area contributed by atoms with Crippen molar-refractivity contribution in [2.45, 2.75) is 11.4 Å². The van der Waals surface area contributed by atoms with E-state index in [-0.39, 0.29) is 23.6 Å². The van der Waals surface area contributed by atoms with Crippen molar-refractivity contribution in [3.63, 3.8) is 0 Å². The Morgan fingerprint density at radius 3 is 2.50 bits per heavy atom. The van der Waals surface area contributed by atoms with Gasteiger partial charge in [0.25, 0.3) is 10.0 Å². The summed E-state index contributed by atoms with van der Waals surface area (Å²) in [5, 5.41) is 0. The summed E-state index contributed by atoms with van der Waals surface area (Å²) in [7, 11) is -0.977. The number of methoxy groups -OCH3 is 1. The van der Waals surface area contributed by atoms with Gasteiger partial charge in [-0.15, -0.1) is 0 Å². The average molecular weight is 483 g/mol. The Bertz CT molecular complexity index is 1490. The fraction of sp³-hybridized carbons (Fsp3) is 0.167. The molecule has 0 radical (unpaired) electrons. The number of carbonyl (C=O) groups is 1. The normalized spacial score (nSPS) is 11.4. The highest BCUT2D eigenvalue weighted by Gasteiger charge is 2.23. The fourth-order valence-electron chi connectivity index (χ4n) is 3.41. The average Bonchev–Trinajstić information content (AvgIpc) is 3.18. The van der Waals surface area contributed by atoms with E-state index in [0.29, 0.717) is 22.5 Å². The summed E-state index contributed by atoms with van der Waals surface area (Å²) in [4.78, 5) is 24.5. The third kappa shape index (κ3) is 4.53. The highest BCUT2D eigenvalue weighted by molar-refractivity contribution is 7.92. The predicted molar refractivity (Wildman–Crippen MR) is 126 cm³/mol. The van der Waals surface area contributed by atoms with Gasteiger partial charge in [-0.05, 0) is 54.6 Å². The molecule has 0 spiro atoms. The fourth-order valence-corrected chi connectivity index (χ4v) is 4.65. The SMILES string of the molecule is COc1ccc(N(C)S(=O)(=O)c2cccc(C(=O)OCCn3c(=O)oc4ccccc43)c2)cc1. The van der Waals surface area contributed by atoms with E-state index in [1.807, 2.05) is 0 Å². The Labute approximate surface area is 195 Å². The number of esters is 1. The van der Waals surface area contributed by atoms with Crippen molar-refractivity contribution >= 4 is 32.8 Å². The molecule has 4 rings (SSSR count). The van der Waals surface area contributed by atoms with Crippen molar-refractivity contribution in [2.24, 2.45) is 0 Å². The molecule has 0 saturated carbocycles. The van der Waals surface area contributed by atoms with E-state index in [0.717, 1.165) is 4.31 Å². The van der Waals surface area contributed by atoms with Gasteiger partial charge >= 0.3 is 11.7 Å². The number of hydrogen-bond acceptors (Lipinski definition) is 7. The standard InChI is InChI=1S/C24H22N2O7S/c1-25(18-10-12-19(31-2)13-11-18)34(29,30)20-7-5-6-17(16-20)23(27)32-15-14-26-21-8-3-4-9-22(21)33-24(26)28/h3-13,16H,14-15H2,1-2H3. The molecule has 10 heteroatoms. The Morgan fingerprint density at radius 1 is 1.03 bits per heavy atom. The quantitative estimate of drug-likeness (QED) is 0.355.